The first-order valence-corrected chi connectivity index (χ1v) is 8.17. The van der Waals surface area contributed by atoms with E-state index in [1.54, 1.807) is 7.11 Å². The highest BCUT2D eigenvalue weighted by Crippen LogP contribution is 2.27. The predicted molar refractivity (Wildman–Crippen MR) is 92.9 cm³/mol. The van der Waals surface area contributed by atoms with Crippen LogP contribution in [0.3, 0.4) is 0 Å². The third kappa shape index (κ3) is 3.40. The van der Waals surface area contributed by atoms with E-state index in [0.29, 0.717) is 16.3 Å². The van der Waals surface area contributed by atoms with Gasteiger partial charge in [-0.1, -0.05) is 12.8 Å². The van der Waals surface area contributed by atoms with Crippen LogP contribution in [-0.4, -0.2) is 27.3 Å². The molecule has 6 heteroatoms. The number of fused-ring (bicyclic) bond motifs is 1. The molecule has 0 aliphatic carbocycles. The molecule has 5 nitrogen and oxygen atoms in total. The minimum Gasteiger partial charge on any atom is -0.481 e. The molecule has 0 aliphatic heterocycles. The summed E-state index contributed by atoms with van der Waals surface area (Å²) in [6, 6.07) is 0. The van der Waals surface area contributed by atoms with Crippen LogP contribution in [0.1, 0.15) is 49.4 Å². The van der Waals surface area contributed by atoms with Crippen LogP contribution in [0.5, 0.6) is 5.88 Å². The fraction of sp³-hybridized carbons (Fsp3) is 0.471. The lowest BCUT2D eigenvalue weighted by molar-refractivity contribution is 0.105. The molecule has 0 bridgehead atoms. The maximum absolute atomic E-state index is 12.4. The first-order valence-electron chi connectivity index (χ1n) is 7.38. The summed E-state index contributed by atoms with van der Waals surface area (Å²) >= 11 is 3.46. The second kappa shape index (κ2) is 6.32. The zero-order chi connectivity index (χ0) is 17.4. The quantitative estimate of drug-likeness (QED) is 0.465. The van der Waals surface area contributed by atoms with Crippen molar-refractivity contribution in [1.29, 1.82) is 0 Å². The molecule has 0 aromatic carbocycles. The fourth-order valence-electron chi connectivity index (χ4n) is 2.23. The van der Waals surface area contributed by atoms with Crippen LogP contribution in [0.25, 0.3) is 5.78 Å². The third-order valence-corrected chi connectivity index (χ3v) is 4.08. The summed E-state index contributed by atoms with van der Waals surface area (Å²) in [5, 5.41) is 0. The van der Waals surface area contributed by atoms with Crippen LogP contribution in [-0.2, 0) is 6.42 Å². The summed E-state index contributed by atoms with van der Waals surface area (Å²) in [4.78, 5) is 21.1. The molecule has 0 spiro atoms. The number of ketones is 1. The number of nitrogens with zero attached hydrogens (tertiary/aromatic N) is 3. The monoisotopic (exact) mass is 377 g/mol. The van der Waals surface area contributed by atoms with E-state index >= 15 is 0 Å². The van der Waals surface area contributed by atoms with Gasteiger partial charge in [0.2, 0.25) is 11.7 Å². The molecule has 2 rings (SSSR count). The van der Waals surface area contributed by atoms with Crippen LogP contribution in [0.15, 0.2) is 4.60 Å². The van der Waals surface area contributed by atoms with Gasteiger partial charge in [0, 0.05) is 16.7 Å². The molecule has 0 N–H and O–H groups in total. The number of imidazole rings is 1. The van der Waals surface area contributed by atoms with Crippen LogP contribution in [0.4, 0.5) is 0 Å². The molecule has 0 unspecified atom stereocenters. The molecular formula is C17H20BrN3O2. The van der Waals surface area contributed by atoms with Crippen molar-refractivity contribution in [3.8, 4) is 17.7 Å². The summed E-state index contributed by atoms with van der Waals surface area (Å²) in [5.74, 6) is 6.23. The van der Waals surface area contributed by atoms with Gasteiger partial charge in [0.15, 0.2) is 5.69 Å². The smallest absolute Gasteiger partial charge is 0.257 e. The van der Waals surface area contributed by atoms with E-state index in [1.807, 2.05) is 39.0 Å². The SMILES string of the molecule is CCc1c(OC)nc2nc(C(=O)C#CC(C)(C)C)c(Br)n2c1C. The molecule has 2 aromatic heterocycles. The van der Waals surface area contributed by atoms with Crippen molar-refractivity contribution in [2.45, 2.75) is 41.0 Å². The largest absolute Gasteiger partial charge is 0.481 e. The summed E-state index contributed by atoms with van der Waals surface area (Å²) in [6.07, 6.45) is 0.773. The Hall–Kier alpha value is -1.87. The van der Waals surface area contributed by atoms with Gasteiger partial charge in [0.1, 0.15) is 4.60 Å². The maximum Gasteiger partial charge on any atom is 0.257 e. The molecule has 0 atom stereocenters. The first kappa shape index (κ1) is 17.5. The predicted octanol–water partition coefficient (Wildman–Crippen LogP) is 3.60. The summed E-state index contributed by atoms with van der Waals surface area (Å²) in [7, 11) is 1.58. The average Bonchev–Trinajstić information content (AvgIpc) is 2.81. The molecule has 0 saturated carbocycles. The highest BCUT2D eigenvalue weighted by atomic mass is 79.9. The van der Waals surface area contributed by atoms with Gasteiger partial charge < -0.3 is 4.74 Å². The van der Waals surface area contributed by atoms with Crippen LogP contribution >= 0.6 is 15.9 Å². The maximum atomic E-state index is 12.4. The lowest BCUT2D eigenvalue weighted by Gasteiger charge is -2.11. The number of carbonyl (C=O) groups excluding carboxylic acids is 1. The number of aryl methyl sites for hydroxylation is 1. The minimum absolute atomic E-state index is 0.242. The Kier molecular flexibility index (Phi) is 4.81. The van der Waals surface area contributed by atoms with E-state index in [9.17, 15) is 4.79 Å². The van der Waals surface area contributed by atoms with E-state index < -0.39 is 0 Å². The normalized spacial score (nSPS) is 11.3. The van der Waals surface area contributed by atoms with Gasteiger partial charge in [-0.3, -0.25) is 9.20 Å². The van der Waals surface area contributed by atoms with Crippen molar-refractivity contribution in [2.75, 3.05) is 7.11 Å². The zero-order valence-electron chi connectivity index (χ0n) is 14.2. The fourth-order valence-corrected chi connectivity index (χ4v) is 2.93. The Labute approximate surface area is 144 Å². The molecule has 2 aromatic rings. The summed E-state index contributed by atoms with van der Waals surface area (Å²) in [5.41, 5.74) is 1.95. The molecule has 122 valence electrons. The van der Waals surface area contributed by atoms with E-state index in [4.69, 9.17) is 4.74 Å². The van der Waals surface area contributed by atoms with Crippen LogP contribution in [0, 0.1) is 24.2 Å². The summed E-state index contributed by atoms with van der Waals surface area (Å²) < 4.78 is 7.72. The van der Waals surface area contributed by atoms with E-state index in [-0.39, 0.29) is 16.9 Å². The number of halogens is 1. The minimum atomic E-state index is -0.325. The summed E-state index contributed by atoms with van der Waals surface area (Å²) in [6.45, 7) is 9.85. The highest BCUT2D eigenvalue weighted by Gasteiger charge is 2.21. The molecule has 0 aliphatic rings. The van der Waals surface area contributed by atoms with E-state index in [1.165, 1.54) is 0 Å². The average molecular weight is 378 g/mol. The standard InChI is InChI=1S/C17H20BrN3O2/c1-7-11-10(2)21-14(18)13(12(22)8-9-17(3,4)5)19-16(21)20-15(11)23-6/h7H2,1-6H3. The number of hydrogen-bond acceptors (Lipinski definition) is 4. The van der Waals surface area contributed by atoms with E-state index in [0.717, 1.165) is 17.7 Å². The lowest BCUT2D eigenvalue weighted by atomic mass is 9.98. The Balaban J connectivity index is 2.65. The van der Waals surface area contributed by atoms with Crippen LogP contribution in [0.2, 0.25) is 0 Å². The molecular weight excluding hydrogens is 358 g/mol. The molecule has 23 heavy (non-hydrogen) atoms. The first-order chi connectivity index (χ1) is 10.7. The van der Waals surface area contributed by atoms with Crippen molar-refractivity contribution in [2.24, 2.45) is 5.41 Å². The lowest BCUT2D eigenvalue weighted by Crippen LogP contribution is -2.04. The number of aromatic nitrogens is 3. The van der Waals surface area contributed by atoms with Crippen molar-refractivity contribution < 1.29 is 9.53 Å². The third-order valence-electron chi connectivity index (χ3n) is 3.35. The molecule has 0 amide bonds. The molecule has 0 saturated heterocycles. The Morgan fingerprint density at radius 1 is 1.35 bits per heavy atom. The van der Waals surface area contributed by atoms with Gasteiger partial charge in [0.25, 0.3) is 5.78 Å². The number of Topliss-reactive ketones (excluding diaryl/α,β-unsaturated/α-hetero) is 1. The second-order valence-corrected chi connectivity index (χ2v) is 7.01. The second-order valence-electron chi connectivity index (χ2n) is 6.25. The Morgan fingerprint density at radius 2 is 2.00 bits per heavy atom. The van der Waals surface area contributed by atoms with Gasteiger partial charge in [-0.05, 0) is 56.0 Å². The number of ether oxygens (including phenoxy) is 1. The van der Waals surface area contributed by atoms with Gasteiger partial charge in [0.05, 0.1) is 7.11 Å². The topological polar surface area (TPSA) is 56.5 Å². The van der Waals surface area contributed by atoms with E-state index in [2.05, 4.69) is 37.7 Å². The van der Waals surface area contributed by atoms with Crippen molar-refractivity contribution in [3.63, 3.8) is 0 Å². The molecule has 0 fully saturated rings. The van der Waals surface area contributed by atoms with Gasteiger partial charge in [-0.15, -0.1) is 0 Å². The van der Waals surface area contributed by atoms with Gasteiger partial charge in [-0.2, -0.15) is 4.98 Å². The Bertz CT molecular complexity index is 836. The molecule has 2 heterocycles. The van der Waals surface area contributed by atoms with Gasteiger partial charge in [-0.25, -0.2) is 4.98 Å². The highest BCUT2D eigenvalue weighted by molar-refractivity contribution is 9.10. The Morgan fingerprint density at radius 3 is 2.52 bits per heavy atom. The van der Waals surface area contributed by atoms with Crippen molar-refractivity contribution in [3.05, 3.63) is 21.6 Å². The zero-order valence-corrected chi connectivity index (χ0v) is 15.8. The van der Waals surface area contributed by atoms with Crippen molar-refractivity contribution >= 4 is 27.5 Å². The van der Waals surface area contributed by atoms with Gasteiger partial charge >= 0.3 is 0 Å². The molecule has 0 radical (unpaired) electrons. The number of rotatable bonds is 3. The number of carbonyl (C=O) groups is 1. The number of methoxy groups -OCH3 is 1. The van der Waals surface area contributed by atoms with Crippen molar-refractivity contribution in [1.82, 2.24) is 14.4 Å². The van der Waals surface area contributed by atoms with Crippen LogP contribution < -0.4 is 4.74 Å². The number of hydrogen-bond donors (Lipinski definition) is 0.